The lowest BCUT2D eigenvalue weighted by molar-refractivity contribution is -0.0717. The minimum Gasteiger partial charge on any atom is -0.465 e. The van der Waals surface area contributed by atoms with Crippen LogP contribution in [-0.4, -0.2) is 81.3 Å². The highest BCUT2D eigenvalue weighted by Gasteiger charge is 2.48. The van der Waals surface area contributed by atoms with Gasteiger partial charge in [0.15, 0.2) is 5.82 Å². The minimum absolute atomic E-state index is 0.00778. The van der Waals surface area contributed by atoms with Crippen LogP contribution in [0.5, 0.6) is 0 Å². The summed E-state index contributed by atoms with van der Waals surface area (Å²) in [5.74, 6) is -0.649. The number of halogens is 1. The average molecular weight is 735 g/mol. The molecule has 0 atom stereocenters. The molecule has 6 rings (SSSR count). The lowest BCUT2D eigenvalue weighted by Gasteiger charge is -2.51. The van der Waals surface area contributed by atoms with Gasteiger partial charge in [0, 0.05) is 48.5 Å². The Kier molecular flexibility index (Phi) is 9.90. The average Bonchev–Trinajstić information content (AvgIpc) is 3.04. The molecule has 3 aromatic rings. The summed E-state index contributed by atoms with van der Waals surface area (Å²) in [7, 11) is 0. The van der Waals surface area contributed by atoms with E-state index in [9.17, 15) is 24.3 Å². The first-order valence-corrected chi connectivity index (χ1v) is 17.9. The van der Waals surface area contributed by atoms with Crippen molar-refractivity contribution in [3.8, 4) is 11.1 Å². The predicted octanol–water partition coefficient (Wildman–Crippen LogP) is 8.25. The molecule has 2 fully saturated rings. The van der Waals surface area contributed by atoms with Crippen LogP contribution in [0.25, 0.3) is 21.9 Å². The van der Waals surface area contributed by atoms with E-state index in [4.69, 9.17) is 14.2 Å². The number of ether oxygens (including phenoxy) is 3. The molecule has 1 saturated heterocycles. The SMILES string of the molecule is Cc1c(-c2cc3cc(NC(=O)OC4CC5(CCN(C(=O)OC(C)(C)C)CC5)C4)ncc3c(NC(=O)OC(C)(C)C)c2F)cnc2c1N(C(=O)O)CCC2. The van der Waals surface area contributed by atoms with E-state index in [-0.39, 0.29) is 46.6 Å². The zero-order valence-corrected chi connectivity index (χ0v) is 31.2. The Hall–Kier alpha value is -5.21. The molecule has 14 nitrogen and oxygen atoms in total. The summed E-state index contributed by atoms with van der Waals surface area (Å²) in [6, 6.07) is 3.09. The number of aryl methyl sites for hydroxylation is 1. The lowest BCUT2D eigenvalue weighted by atomic mass is 9.61. The summed E-state index contributed by atoms with van der Waals surface area (Å²) >= 11 is 0. The highest BCUT2D eigenvalue weighted by molar-refractivity contribution is 6.04. The highest BCUT2D eigenvalue weighted by Crippen LogP contribution is 2.50. The number of carboxylic acid groups (broad SMARTS) is 1. The van der Waals surface area contributed by atoms with Gasteiger partial charge in [0.05, 0.1) is 17.1 Å². The molecular formula is C38H47FN6O8. The van der Waals surface area contributed by atoms with E-state index in [1.165, 1.54) is 17.3 Å². The van der Waals surface area contributed by atoms with Gasteiger partial charge in [-0.3, -0.25) is 20.5 Å². The number of nitrogens with zero attached hydrogens (tertiary/aromatic N) is 4. The number of hydrogen-bond donors (Lipinski definition) is 3. The van der Waals surface area contributed by atoms with Crippen LogP contribution in [0.15, 0.2) is 24.5 Å². The molecule has 0 bridgehead atoms. The molecule has 3 aliphatic rings. The number of rotatable bonds is 4. The van der Waals surface area contributed by atoms with Crippen LogP contribution in [0, 0.1) is 18.2 Å². The first-order chi connectivity index (χ1) is 24.8. The number of piperidine rings is 1. The van der Waals surface area contributed by atoms with Gasteiger partial charge in [0.25, 0.3) is 0 Å². The molecule has 4 amide bonds. The lowest BCUT2D eigenvalue weighted by Crippen LogP contribution is -2.52. The molecule has 1 spiro atoms. The van der Waals surface area contributed by atoms with Crippen molar-refractivity contribution in [2.24, 2.45) is 5.41 Å². The summed E-state index contributed by atoms with van der Waals surface area (Å²) in [6.07, 6.45) is 3.68. The molecular weight excluding hydrogens is 687 g/mol. The van der Waals surface area contributed by atoms with E-state index in [0.29, 0.717) is 66.7 Å². The Labute approximate surface area is 307 Å². The number of likely N-dealkylation sites (tertiary alicyclic amines) is 1. The summed E-state index contributed by atoms with van der Waals surface area (Å²) in [5, 5.41) is 15.8. The number of nitrogens with one attached hydrogen (secondary N) is 2. The van der Waals surface area contributed by atoms with Crippen LogP contribution in [-0.2, 0) is 20.6 Å². The van der Waals surface area contributed by atoms with Crippen LogP contribution in [0.1, 0.15) is 84.9 Å². The van der Waals surface area contributed by atoms with Gasteiger partial charge >= 0.3 is 24.4 Å². The molecule has 53 heavy (non-hydrogen) atoms. The fourth-order valence-electron chi connectivity index (χ4n) is 7.40. The van der Waals surface area contributed by atoms with Crippen LogP contribution in [0.4, 0.5) is 40.8 Å². The van der Waals surface area contributed by atoms with Crippen LogP contribution in [0.3, 0.4) is 0 Å². The number of carbonyl (C=O) groups is 4. The molecule has 1 aliphatic carbocycles. The first kappa shape index (κ1) is 37.5. The molecule has 4 heterocycles. The molecule has 15 heteroatoms. The third kappa shape index (κ3) is 8.23. The van der Waals surface area contributed by atoms with Crippen molar-refractivity contribution in [2.45, 2.75) is 104 Å². The largest absolute Gasteiger partial charge is 0.465 e. The van der Waals surface area contributed by atoms with Crippen LogP contribution < -0.4 is 15.5 Å². The number of aromatic nitrogens is 2. The van der Waals surface area contributed by atoms with Crippen molar-refractivity contribution in [3.05, 3.63) is 41.6 Å². The van der Waals surface area contributed by atoms with Crippen LogP contribution in [0.2, 0.25) is 0 Å². The van der Waals surface area contributed by atoms with Crippen molar-refractivity contribution in [1.82, 2.24) is 14.9 Å². The van der Waals surface area contributed by atoms with E-state index in [1.807, 2.05) is 20.8 Å². The fourth-order valence-corrected chi connectivity index (χ4v) is 7.40. The molecule has 284 valence electrons. The standard InChI is InChI=1S/C38H47FN6O8/c1-21-25(19-40-27-9-8-12-45(31(21)27)34(48)49)24-15-22-16-28(41-20-26(22)30(29(24)39)43-33(47)52-36(2,3)4)42-32(46)51-23-17-38(18-23)10-13-44(14-11-38)35(50)53-37(5,6)7/h15-16,19-20,23H,8-14,17-18H2,1-7H3,(H,43,47)(H,48,49)(H,41,42,46). The molecule has 1 saturated carbocycles. The third-order valence-corrected chi connectivity index (χ3v) is 9.86. The number of carbonyl (C=O) groups excluding carboxylic acids is 3. The second-order valence-electron chi connectivity index (χ2n) is 16.2. The van der Waals surface area contributed by atoms with Gasteiger partial charge in [-0.25, -0.2) is 28.6 Å². The predicted molar refractivity (Wildman–Crippen MR) is 196 cm³/mol. The second kappa shape index (κ2) is 14.0. The third-order valence-electron chi connectivity index (χ3n) is 9.86. The fraction of sp³-hybridized carbons (Fsp3) is 0.526. The number of anilines is 3. The number of fused-ring (bicyclic) bond motifs is 2. The molecule has 2 aliphatic heterocycles. The van der Waals surface area contributed by atoms with E-state index >= 15 is 4.39 Å². The van der Waals surface area contributed by atoms with Gasteiger partial charge in [-0.1, -0.05) is 0 Å². The zero-order chi connectivity index (χ0) is 38.5. The first-order valence-electron chi connectivity index (χ1n) is 17.9. The molecule has 3 N–H and O–H groups in total. The Morgan fingerprint density at radius 2 is 1.58 bits per heavy atom. The van der Waals surface area contributed by atoms with Gasteiger partial charge in [-0.15, -0.1) is 0 Å². The van der Waals surface area contributed by atoms with Gasteiger partial charge in [-0.05, 0) is 115 Å². The Morgan fingerprint density at radius 3 is 2.23 bits per heavy atom. The van der Waals surface area contributed by atoms with Crippen molar-refractivity contribution in [2.75, 3.05) is 35.2 Å². The second-order valence-corrected chi connectivity index (χ2v) is 16.2. The monoisotopic (exact) mass is 734 g/mol. The normalized spacial score (nSPS) is 17.1. The summed E-state index contributed by atoms with van der Waals surface area (Å²) < 4.78 is 33.2. The van der Waals surface area contributed by atoms with E-state index in [0.717, 1.165) is 12.8 Å². The minimum atomic E-state index is -1.13. The topological polar surface area (TPSA) is 173 Å². The Bertz CT molecular complexity index is 1960. The number of hydrogen-bond acceptors (Lipinski definition) is 9. The highest BCUT2D eigenvalue weighted by atomic mass is 19.1. The molecule has 2 aromatic heterocycles. The summed E-state index contributed by atoms with van der Waals surface area (Å²) in [5.41, 5.74) is 0.320. The number of pyridine rings is 2. The van der Waals surface area contributed by atoms with Crippen molar-refractivity contribution < 1.29 is 42.9 Å². The Balaban J connectivity index is 1.22. The summed E-state index contributed by atoms with van der Waals surface area (Å²) in [6.45, 7) is 13.7. The van der Waals surface area contributed by atoms with E-state index in [2.05, 4.69) is 20.6 Å². The maximum Gasteiger partial charge on any atom is 0.413 e. The zero-order valence-electron chi connectivity index (χ0n) is 31.2. The van der Waals surface area contributed by atoms with Gasteiger partial charge < -0.3 is 24.2 Å². The van der Waals surface area contributed by atoms with E-state index in [1.54, 1.807) is 44.7 Å². The molecule has 1 aromatic carbocycles. The maximum absolute atomic E-state index is 16.6. The molecule has 0 unspecified atom stereocenters. The van der Waals surface area contributed by atoms with Gasteiger partial charge in [-0.2, -0.15) is 0 Å². The maximum atomic E-state index is 16.6. The quantitative estimate of drug-likeness (QED) is 0.222. The summed E-state index contributed by atoms with van der Waals surface area (Å²) in [4.78, 5) is 62.3. The van der Waals surface area contributed by atoms with Gasteiger partial charge in [0.2, 0.25) is 0 Å². The number of benzene rings is 1. The number of amides is 4. The van der Waals surface area contributed by atoms with Crippen LogP contribution >= 0.6 is 0 Å². The van der Waals surface area contributed by atoms with Crippen molar-refractivity contribution >= 4 is 52.3 Å². The molecule has 0 radical (unpaired) electrons. The van der Waals surface area contributed by atoms with Crippen molar-refractivity contribution in [1.29, 1.82) is 0 Å². The van der Waals surface area contributed by atoms with Gasteiger partial charge in [0.1, 0.15) is 23.1 Å². The van der Waals surface area contributed by atoms with Crippen molar-refractivity contribution in [3.63, 3.8) is 0 Å². The smallest absolute Gasteiger partial charge is 0.413 e. The van der Waals surface area contributed by atoms with E-state index < -0.39 is 35.3 Å². The Morgan fingerprint density at radius 1 is 0.906 bits per heavy atom.